The number of nitrogens with one attached hydrogen (secondary N) is 3. The molecule has 2 aromatic heterocycles. The maximum absolute atomic E-state index is 12.4. The van der Waals surface area contributed by atoms with Gasteiger partial charge in [-0.05, 0) is 25.5 Å². The van der Waals surface area contributed by atoms with Gasteiger partial charge in [-0.1, -0.05) is 12.1 Å². The number of carbonyl (C=O) groups excluding carboxylic acids is 1. The molecule has 1 amide bonds. The highest BCUT2D eigenvalue weighted by molar-refractivity contribution is 5.82. The molecule has 0 spiro atoms. The van der Waals surface area contributed by atoms with Crippen molar-refractivity contribution in [2.45, 2.75) is 38.4 Å². The Morgan fingerprint density at radius 2 is 2.19 bits per heavy atom. The summed E-state index contributed by atoms with van der Waals surface area (Å²) in [5.74, 6) is 0.982. The van der Waals surface area contributed by atoms with Gasteiger partial charge in [-0.2, -0.15) is 0 Å². The molecule has 1 saturated heterocycles. The summed E-state index contributed by atoms with van der Waals surface area (Å²) in [5.41, 5.74) is 9.34. The van der Waals surface area contributed by atoms with Crippen molar-refractivity contribution >= 4 is 16.9 Å². The van der Waals surface area contributed by atoms with Crippen molar-refractivity contribution in [3.05, 3.63) is 54.4 Å². The van der Waals surface area contributed by atoms with Crippen LogP contribution in [0.25, 0.3) is 11.0 Å². The van der Waals surface area contributed by atoms with E-state index in [1.54, 1.807) is 18.6 Å². The third kappa shape index (κ3) is 3.96. The van der Waals surface area contributed by atoms with Crippen molar-refractivity contribution in [3.63, 3.8) is 0 Å². The molecule has 0 radical (unpaired) electrons. The maximum Gasteiger partial charge on any atom is 0.238 e. The van der Waals surface area contributed by atoms with Crippen LogP contribution >= 0.6 is 0 Å². The Balaban J connectivity index is 1.30. The van der Waals surface area contributed by atoms with Crippen molar-refractivity contribution in [2.24, 2.45) is 0 Å². The third-order valence-corrected chi connectivity index (χ3v) is 4.84. The zero-order valence-corrected chi connectivity index (χ0v) is 15.2. The molecular weight excluding hydrogens is 342 g/mol. The lowest BCUT2D eigenvalue weighted by molar-refractivity contribution is -0.122. The van der Waals surface area contributed by atoms with E-state index in [0.717, 1.165) is 35.5 Å². The SMILES string of the molecule is Cc1nc2ccccc2n1CC1CC(C(=O)NCCc2cnccn2)NN1. The van der Waals surface area contributed by atoms with Crippen LogP contribution in [-0.4, -0.2) is 44.1 Å². The summed E-state index contributed by atoms with van der Waals surface area (Å²) < 4.78 is 2.20. The molecule has 8 heteroatoms. The van der Waals surface area contributed by atoms with E-state index in [1.165, 1.54) is 0 Å². The molecule has 1 fully saturated rings. The molecule has 0 bridgehead atoms. The number of aryl methyl sites for hydroxylation is 1. The number of rotatable bonds is 6. The minimum absolute atomic E-state index is 0.00102. The topological polar surface area (TPSA) is 96.8 Å². The summed E-state index contributed by atoms with van der Waals surface area (Å²) in [6.07, 6.45) is 6.41. The lowest BCUT2D eigenvalue weighted by Crippen LogP contribution is -2.44. The number of para-hydroxylation sites is 2. The quantitative estimate of drug-likeness (QED) is 0.596. The molecule has 0 aliphatic carbocycles. The number of hydrazine groups is 1. The van der Waals surface area contributed by atoms with Crippen LogP contribution in [0.3, 0.4) is 0 Å². The summed E-state index contributed by atoms with van der Waals surface area (Å²) in [6, 6.07) is 8.04. The second-order valence-electron chi connectivity index (χ2n) is 6.77. The number of aromatic nitrogens is 4. The van der Waals surface area contributed by atoms with Gasteiger partial charge < -0.3 is 9.88 Å². The fourth-order valence-electron chi connectivity index (χ4n) is 3.46. The predicted octanol–water partition coefficient (Wildman–Crippen LogP) is 0.729. The molecule has 3 N–H and O–H groups in total. The van der Waals surface area contributed by atoms with E-state index in [2.05, 4.69) is 41.8 Å². The Morgan fingerprint density at radius 1 is 1.30 bits per heavy atom. The zero-order chi connectivity index (χ0) is 18.6. The fraction of sp³-hybridized carbons (Fsp3) is 0.368. The fourth-order valence-corrected chi connectivity index (χ4v) is 3.46. The molecule has 1 aromatic carbocycles. The van der Waals surface area contributed by atoms with Gasteiger partial charge in [0.25, 0.3) is 0 Å². The van der Waals surface area contributed by atoms with E-state index >= 15 is 0 Å². The first-order valence-electron chi connectivity index (χ1n) is 9.16. The molecule has 8 nitrogen and oxygen atoms in total. The summed E-state index contributed by atoms with van der Waals surface area (Å²) in [5, 5.41) is 2.97. The minimum atomic E-state index is -0.244. The number of benzene rings is 1. The molecule has 2 unspecified atom stereocenters. The molecule has 0 saturated carbocycles. The highest BCUT2D eigenvalue weighted by Crippen LogP contribution is 2.18. The summed E-state index contributed by atoms with van der Waals surface area (Å²) >= 11 is 0. The molecule has 1 aliphatic rings. The average molecular weight is 365 g/mol. The predicted molar refractivity (Wildman–Crippen MR) is 102 cm³/mol. The summed E-state index contributed by atoms with van der Waals surface area (Å²) in [4.78, 5) is 25.2. The van der Waals surface area contributed by atoms with Gasteiger partial charge in [-0.3, -0.25) is 20.2 Å². The van der Waals surface area contributed by atoms with Crippen LogP contribution < -0.4 is 16.2 Å². The van der Waals surface area contributed by atoms with Crippen LogP contribution in [0.4, 0.5) is 0 Å². The molecule has 140 valence electrons. The van der Waals surface area contributed by atoms with Gasteiger partial charge in [0, 0.05) is 44.1 Å². The minimum Gasteiger partial charge on any atom is -0.354 e. The van der Waals surface area contributed by atoms with Crippen LogP contribution in [0.15, 0.2) is 42.9 Å². The summed E-state index contributed by atoms with van der Waals surface area (Å²) in [6.45, 7) is 3.33. The van der Waals surface area contributed by atoms with Gasteiger partial charge in [0.1, 0.15) is 11.9 Å². The monoisotopic (exact) mass is 365 g/mol. The van der Waals surface area contributed by atoms with Crippen LogP contribution in [-0.2, 0) is 17.8 Å². The first kappa shape index (κ1) is 17.6. The Bertz CT molecular complexity index is 924. The second-order valence-corrected chi connectivity index (χ2v) is 6.77. The standard InChI is InChI=1S/C19H23N7O/c1-13-23-16-4-2-3-5-18(16)26(13)12-15-10-17(25-24-15)19(27)22-7-6-14-11-20-8-9-21-14/h2-5,8-9,11,15,17,24-25H,6-7,10,12H2,1H3,(H,22,27). The van der Waals surface area contributed by atoms with E-state index in [4.69, 9.17) is 0 Å². The Morgan fingerprint density at radius 3 is 3.04 bits per heavy atom. The van der Waals surface area contributed by atoms with Gasteiger partial charge in [-0.15, -0.1) is 0 Å². The first-order valence-corrected chi connectivity index (χ1v) is 9.16. The number of hydrogen-bond acceptors (Lipinski definition) is 6. The van der Waals surface area contributed by atoms with Crippen LogP contribution in [0.5, 0.6) is 0 Å². The van der Waals surface area contributed by atoms with Gasteiger partial charge in [0.05, 0.1) is 16.7 Å². The van der Waals surface area contributed by atoms with Crippen LogP contribution in [0.1, 0.15) is 17.9 Å². The highest BCUT2D eigenvalue weighted by atomic mass is 16.2. The number of fused-ring (bicyclic) bond motifs is 1. The van der Waals surface area contributed by atoms with Crippen molar-refractivity contribution < 1.29 is 4.79 Å². The van der Waals surface area contributed by atoms with E-state index in [9.17, 15) is 4.79 Å². The third-order valence-electron chi connectivity index (χ3n) is 4.84. The van der Waals surface area contributed by atoms with Gasteiger partial charge in [0.2, 0.25) is 5.91 Å². The van der Waals surface area contributed by atoms with Gasteiger partial charge in [-0.25, -0.2) is 10.4 Å². The van der Waals surface area contributed by atoms with Gasteiger partial charge >= 0.3 is 0 Å². The van der Waals surface area contributed by atoms with Gasteiger partial charge in [0.15, 0.2) is 0 Å². The van der Waals surface area contributed by atoms with Crippen LogP contribution in [0, 0.1) is 6.92 Å². The highest BCUT2D eigenvalue weighted by Gasteiger charge is 2.29. The van der Waals surface area contributed by atoms with E-state index < -0.39 is 0 Å². The Kier molecular flexibility index (Phi) is 5.08. The van der Waals surface area contributed by atoms with E-state index in [-0.39, 0.29) is 18.0 Å². The first-order chi connectivity index (χ1) is 13.2. The Labute approximate surface area is 157 Å². The number of nitrogens with zero attached hydrogens (tertiary/aromatic N) is 4. The number of hydrogen-bond donors (Lipinski definition) is 3. The molecule has 3 aromatic rings. The lowest BCUT2D eigenvalue weighted by atomic mass is 10.1. The summed E-state index contributed by atoms with van der Waals surface area (Å²) in [7, 11) is 0. The molecule has 27 heavy (non-hydrogen) atoms. The smallest absolute Gasteiger partial charge is 0.238 e. The maximum atomic E-state index is 12.4. The zero-order valence-electron chi connectivity index (χ0n) is 15.2. The van der Waals surface area contributed by atoms with Crippen molar-refractivity contribution in [1.29, 1.82) is 0 Å². The molecule has 4 rings (SSSR count). The second kappa shape index (κ2) is 7.81. The normalized spacial score (nSPS) is 19.4. The largest absolute Gasteiger partial charge is 0.354 e. The van der Waals surface area contributed by atoms with Crippen molar-refractivity contribution in [2.75, 3.05) is 6.54 Å². The Hall–Kier alpha value is -2.84. The number of imidazole rings is 1. The van der Waals surface area contributed by atoms with E-state index in [0.29, 0.717) is 13.0 Å². The molecular formula is C19H23N7O. The van der Waals surface area contributed by atoms with Crippen molar-refractivity contribution in [1.82, 2.24) is 35.7 Å². The average Bonchev–Trinajstić information content (AvgIpc) is 3.28. The lowest BCUT2D eigenvalue weighted by Gasteiger charge is -2.13. The number of amides is 1. The molecule has 1 aliphatic heterocycles. The molecule has 2 atom stereocenters. The van der Waals surface area contributed by atoms with E-state index in [1.807, 2.05) is 25.1 Å². The number of carbonyl (C=O) groups is 1. The van der Waals surface area contributed by atoms with Crippen LogP contribution in [0.2, 0.25) is 0 Å². The molecule has 3 heterocycles. The van der Waals surface area contributed by atoms with Crippen molar-refractivity contribution in [3.8, 4) is 0 Å².